The summed E-state index contributed by atoms with van der Waals surface area (Å²) in [6.45, 7) is 3.60. The van der Waals surface area contributed by atoms with Crippen molar-refractivity contribution in [3.8, 4) is 0 Å². The number of guanidine groups is 1. The van der Waals surface area contributed by atoms with Crippen LogP contribution in [0.2, 0.25) is 0 Å². The van der Waals surface area contributed by atoms with Crippen LogP contribution in [-0.2, 0) is 11.3 Å². The molecule has 0 unspecified atom stereocenters. The Balaban J connectivity index is 2.56. The van der Waals surface area contributed by atoms with Crippen LogP contribution in [0, 0.1) is 0 Å². The molecule has 1 rings (SSSR count). The highest BCUT2D eigenvalue weighted by atomic mass is 16.2. The van der Waals surface area contributed by atoms with Crippen LogP contribution in [0.1, 0.15) is 19.0 Å². The van der Waals surface area contributed by atoms with Crippen LogP contribution in [0.4, 0.5) is 0 Å². The first-order valence-electron chi connectivity index (χ1n) is 6.75. The van der Waals surface area contributed by atoms with Gasteiger partial charge >= 0.3 is 0 Å². The van der Waals surface area contributed by atoms with Gasteiger partial charge in [-0.1, -0.05) is 13.0 Å². The summed E-state index contributed by atoms with van der Waals surface area (Å²) in [6, 6.07) is 5.73. The summed E-state index contributed by atoms with van der Waals surface area (Å²) in [5, 5.41) is 6.20. The van der Waals surface area contributed by atoms with E-state index < -0.39 is 0 Å². The molecule has 0 fully saturated rings. The highest BCUT2D eigenvalue weighted by Gasteiger charge is 2.05. The molecule has 1 heterocycles. The predicted molar refractivity (Wildman–Crippen MR) is 80.4 cm³/mol. The van der Waals surface area contributed by atoms with Crippen LogP contribution in [0.3, 0.4) is 0 Å². The highest BCUT2D eigenvalue weighted by molar-refractivity contribution is 5.86. The second-order valence-electron chi connectivity index (χ2n) is 4.55. The second-order valence-corrected chi connectivity index (χ2v) is 4.55. The van der Waals surface area contributed by atoms with E-state index in [4.69, 9.17) is 0 Å². The maximum absolute atomic E-state index is 11.6. The zero-order valence-corrected chi connectivity index (χ0v) is 12.4. The fourth-order valence-electron chi connectivity index (χ4n) is 1.39. The fraction of sp³-hybridized carbons (Fsp3) is 0.500. The Morgan fingerprint density at radius 2 is 2.15 bits per heavy atom. The van der Waals surface area contributed by atoms with Gasteiger partial charge in [0.05, 0.1) is 18.8 Å². The Bertz CT molecular complexity index is 430. The molecule has 0 atom stereocenters. The van der Waals surface area contributed by atoms with E-state index in [0.29, 0.717) is 12.5 Å². The number of aromatic nitrogens is 1. The number of carbonyl (C=O) groups excluding carboxylic acids is 1. The monoisotopic (exact) mass is 277 g/mol. The first-order chi connectivity index (χ1) is 9.63. The molecular formula is C14H23N5O. The standard InChI is InChI=1S/C14H23N5O/c1-4-8-16-14(18-11-13(20)19(2)3)17-10-12-7-5-6-9-15-12/h5-7,9H,4,8,10-11H2,1-3H3,(H2,16,17,18). The van der Waals surface area contributed by atoms with Crippen molar-refractivity contribution in [3.05, 3.63) is 30.1 Å². The zero-order chi connectivity index (χ0) is 14.8. The smallest absolute Gasteiger partial charge is 0.241 e. The molecule has 1 amide bonds. The van der Waals surface area contributed by atoms with Crippen molar-refractivity contribution in [2.45, 2.75) is 19.9 Å². The normalized spacial score (nSPS) is 11.1. The van der Waals surface area contributed by atoms with Gasteiger partial charge in [-0.3, -0.25) is 9.78 Å². The van der Waals surface area contributed by atoms with Gasteiger partial charge in [-0.2, -0.15) is 0 Å². The number of aliphatic imine (C=N–C) groups is 1. The molecule has 6 nitrogen and oxygen atoms in total. The van der Waals surface area contributed by atoms with E-state index in [2.05, 4.69) is 27.5 Å². The van der Waals surface area contributed by atoms with E-state index in [1.165, 1.54) is 0 Å². The Hall–Kier alpha value is -2.11. The van der Waals surface area contributed by atoms with Crippen LogP contribution < -0.4 is 10.6 Å². The third-order valence-electron chi connectivity index (χ3n) is 2.57. The van der Waals surface area contributed by atoms with Gasteiger partial charge < -0.3 is 15.5 Å². The van der Waals surface area contributed by atoms with Gasteiger partial charge in [-0.05, 0) is 18.6 Å². The minimum atomic E-state index is 0.00818. The molecule has 1 aromatic heterocycles. The molecule has 1 aromatic rings. The van der Waals surface area contributed by atoms with Gasteiger partial charge in [0.25, 0.3) is 0 Å². The van der Waals surface area contributed by atoms with Gasteiger partial charge in [0.1, 0.15) is 0 Å². The minimum absolute atomic E-state index is 0.00818. The number of hydrogen-bond acceptors (Lipinski definition) is 3. The molecule has 0 saturated heterocycles. The summed E-state index contributed by atoms with van der Waals surface area (Å²) >= 11 is 0. The van der Waals surface area contributed by atoms with Gasteiger partial charge in [0.15, 0.2) is 5.96 Å². The maximum atomic E-state index is 11.6. The number of pyridine rings is 1. The number of hydrogen-bond donors (Lipinski definition) is 2. The number of nitrogens with zero attached hydrogens (tertiary/aromatic N) is 3. The topological polar surface area (TPSA) is 69.6 Å². The summed E-state index contributed by atoms with van der Waals surface area (Å²) in [5.74, 6) is 0.640. The van der Waals surface area contributed by atoms with E-state index in [-0.39, 0.29) is 12.5 Å². The molecule has 0 aromatic carbocycles. The number of carbonyl (C=O) groups is 1. The summed E-state index contributed by atoms with van der Waals surface area (Å²) in [5.41, 5.74) is 0.893. The minimum Gasteiger partial charge on any atom is -0.356 e. The maximum Gasteiger partial charge on any atom is 0.241 e. The van der Waals surface area contributed by atoms with E-state index in [9.17, 15) is 4.79 Å². The largest absolute Gasteiger partial charge is 0.356 e. The van der Waals surface area contributed by atoms with Crippen LogP contribution in [0.5, 0.6) is 0 Å². The molecular weight excluding hydrogens is 254 g/mol. The van der Waals surface area contributed by atoms with Crippen molar-refractivity contribution in [3.63, 3.8) is 0 Å². The molecule has 0 saturated carbocycles. The van der Waals surface area contributed by atoms with E-state index >= 15 is 0 Å². The Labute approximate surface area is 120 Å². The SMILES string of the molecule is CCCNC(=NCc1ccccn1)NCC(=O)N(C)C. The number of likely N-dealkylation sites (N-methyl/N-ethyl adjacent to an activating group) is 1. The molecule has 20 heavy (non-hydrogen) atoms. The summed E-state index contributed by atoms with van der Waals surface area (Å²) < 4.78 is 0. The van der Waals surface area contributed by atoms with Gasteiger partial charge in [-0.15, -0.1) is 0 Å². The number of amides is 1. The van der Waals surface area contributed by atoms with Crippen molar-refractivity contribution in [1.82, 2.24) is 20.5 Å². The summed E-state index contributed by atoms with van der Waals surface area (Å²) in [7, 11) is 3.46. The lowest BCUT2D eigenvalue weighted by Crippen LogP contribution is -2.43. The molecule has 0 aliphatic carbocycles. The van der Waals surface area contributed by atoms with Gasteiger partial charge in [-0.25, -0.2) is 4.99 Å². The molecule has 0 bridgehead atoms. The number of rotatable bonds is 6. The lowest BCUT2D eigenvalue weighted by Gasteiger charge is -2.14. The van der Waals surface area contributed by atoms with Crippen LogP contribution in [-0.4, -0.2) is 48.9 Å². The lowest BCUT2D eigenvalue weighted by molar-refractivity contribution is -0.127. The molecule has 0 aliphatic heterocycles. The first kappa shape index (κ1) is 15.9. The Morgan fingerprint density at radius 1 is 1.35 bits per heavy atom. The van der Waals surface area contributed by atoms with Crippen LogP contribution in [0.25, 0.3) is 0 Å². The third-order valence-corrected chi connectivity index (χ3v) is 2.57. The van der Waals surface area contributed by atoms with Crippen LogP contribution in [0.15, 0.2) is 29.4 Å². The van der Waals surface area contributed by atoms with Crippen LogP contribution >= 0.6 is 0 Å². The summed E-state index contributed by atoms with van der Waals surface area (Å²) in [6.07, 6.45) is 2.74. The fourth-order valence-corrected chi connectivity index (χ4v) is 1.39. The zero-order valence-electron chi connectivity index (χ0n) is 12.4. The Morgan fingerprint density at radius 3 is 2.75 bits per heavy atom. The Kier molecular flexibility index (Phi) is 7.10. The molecule has 0 radical (unpaired) electrons. The quantitative estimate of drug-likeness (QED) is 0.590. The lowest BCUT2D eigenvalue weighted by atomic mass is 10.3. The van der Waals surface area contributed by atoms with E-state index in [1.54, 1.807) is 25.2 Å². The molecule has 110 valence electrons. The molecule has 0 aliphatic rings. The van der Waals surface area contributed by atoms with Crippen molar-refractivity contribution in [2.75, 3.05) is 27.2 Å². The predicted octanol–water partition coefficient (Wildman–Crippen LogP) is 0.615. The summed E-state index contributed by atoms with van der Waals surface area (Å²) in [4.78, 5) is 21.7. The van der Waals surface area contributed by atoms with E-state index in [0.717, 1.165) is 18.7 Å². The van der Waals surface area contributed by atoms with Crippen molar-refractivity contribution in [2.24, 2.45) is 4.99 Å². The second kappa shape index (κ2) is 8.90. The third kappa shape index (κ3) is 6.17. The first-order valence-corrected chi connectivity index (χ1v) is 6.75. The molecule has 2 N–H and O–H groups in total. The molecule has 0 spiro atoms. The average molecular weight is 277 g/mol. The highest BCUT2D eigenvalue weighted by Crippen LogP contribution is 1.95. The van der Waals surface area contributed by atoms with Crippen molar-refractivity contribution in [1.29, 1.82) is 0 Å². The van der Waals surface area contributed by atoms with Gasteiger partial charge in [0, 0.05) is 26.8 Å². The van der Waals surface area contributed by atoms with Gasteiger partial charge in [0.2, 0.25) is 5.91 Å². The molecule has 6 heteroatoms. The van der Waals surface area contributed by atoms with Crippen molar-refractivity contribution >= 4 is 11.9 Å². The van der Waals surface area contributed by atoms with Crippen molar-refractivity contribution < 1.29 is 4.79 Å². The van der Waals surface area contributed by atoms with E-state index in [1.807, 2.05) is 18.2 Å². The number of nitrogens with one attached hydrogen (secondary N) is 2. The average Bonchev–Trinajstić information content (AvgIpc) is 2.47.